The molecule has 4 N–H and O–H groups in total. The van der Waals surface area contributed by atoms with E-state index in [1.54, 1.807) is 18.2 Å². The van der Waals surface area contributed by atoms with Gasteiger partial charge in [0.25, 0.3) is 5.91 Å². The summed E-state index contributed by atoms with van der Waals surface area (Å²) in [6.45, 7) is 4.14. The summed E-state index contributed by atoms with van der Waals surface area (Å²) < 4.78 is 5.52. The average molecular weight is 257 g/mol. The lowest BCUT2D eigenvalue weighted by Gasteiger charge is -2.23. The Bertz CT molecular complexity index is 419. The molecule has 0 bridgehead atoms. The molecule has 1 amide bonds. The summed E-state index contributed by atoms with van der Waals surface area (Å²) in [7, 11) is 0. The number of primary amides is 1. The van der Waals surface area contributed by atoms with Crippen LogP contribution in [0, 0.1) is 0 Å². The number of benzene rings is 1. The maximum absolute atomic E-state index is 11.3. The lowest BCUT2D eigenvalue weighted by Crippen LogP contribution is -2.41. The highest BCUT2D eigenvalue weighted by Crippen LogP contribution is 2.26. The van der Waals surface area contributed by atoms with Crippen molar-refractivity contribution in [1.29, 1.82) is 0 Å². The van der Waals surface area contributed by atoms with E-state index in [0.29, 0.717) is 12.4 Å². The minimum atomic E-state index is -0.610. The van der Waals surface area contributed by atoms with Crippen LogP contribution < -0.4 is 16.2 Å². The number of carbonyl (C=O) groups excluding carboxylic acids is 1. The van der Waals surface area contributed by atoms with Gasteiger partial charge in [0.2, 0.25) is 0 Å². The van der Waals surface area contributed by atoms with Gasteiger partial charge in [0.05, 0.1) is 10.6 Å². The molecule has 4 nitrogen and oxygen atoms in total. The molecule has 0 fully saturated rings. The molecular weight excluding hydrogens is 240 g/mol. The molecule has 1 rings (SSSR count). The molecule has 0 saturated carbocycles. The molecule has 17 heavy (non-hydrogen) atoms. The minimum absolute atomic E-state index is 0.195. The quantitative estimate of drug-likeness (QED) is 0.845. The average Bonchev–Trinajstić information content (AvgIpc) is 2.26. The van der Waals surface area contributed by atoms with Crippen molar-refractivity contribution in [3.63, 3.8) is 0 Å². The molecule has 1 unspecified atom stereocenters. The third-order valence-corrected chi connectivity index (χ3v) is 2.90. The van der Waals surface area contributed by atoms with Crippen LogP contribution in [0.15, 0.2) is 18.2 Å². The molecule has 0 radical (unpaired) electrons. The first-order valence-corrected chi connectivity index (χ1v) is 5.75. The van der Waals surface area contributed by atoms with Crippen molar-refractivity contribution in [3.05, 3.63) is 28.8 Å². The van der Waals surface area contributed by atoms with Gasteiger partial charge in [-0.15, -0.1) is 0 Å². The first-order chi connectivity index (χ1) is 7.87. The molecule has 0 spiro atoms. The van der Waals surface area contributed by atoms with E-state index in [2.05, 4.69) is 0 Å². The third kappa shape index (κ3) is 3.61. The summed E-state index contributed by atoms with van der Waals surface area (Å²) in [5, 5.41) is 0.283. The summed E-state index contributed by atoms with van der Waals surface area (Å²) in [6.07, 6.45) is 0.763. The Hall–Kier alpha value is -1.26. The Labute approximate surface area is 106 Å². The predicted molar refractivity (Wildman–Crippen MR) is 68.3 cm³/mol. The fraction of sp³-hybridized carbons (Fsp3) is 0.417. The summed E-state index contributed by atoms with van der Waals surface area (Å²) in [6, 6.07) is 4.94. The molecule has 1 aromatic rings. The number of nitrogens with two attached hydrogens (primary N) is 2. The molecule has 1 atom stereocenters. The minimum Gasteiger partial charge on any atom is -0.491 e. The van der Waals surface area contributed by atoms with E-state index in [1.807, 2.05) is 13.8 Å². The second kappa shape index (κ2) is 5.38. The number of carbonyl (C=O) groups is 1. The van der Waals surface area contributed by atoms with Crippen molar-refractivity contribution >= 4 is 17.5 Å². The van der Waals surface area contributed by atoms with Crippen molar-refractivity contribution in [1.82, 2.24) is 0 Å². The molecule has 0 aliphatic heterocycles. The van der Waals surface area contributed by atoms with Gasteiger partial charge in [-0.2, -0.15) is 0 Å². The number of halogens is 1. The van der Waals surface area contributed by atoms with E-state index in [1.165, 1.54) is 0 Å². The summed E-state index contributed by atoms with van der Waals surface area (Å²) in [5.74, 6) is -0.240. The summed E-state index contributed by atoms with van der Waals surface area (Å²) in [5.41, 5.74) is 11.0. The highest BCUT2D eigenvalue weighted by molar-refractivity contribution is 6.34. The Morgan fingerprint density at radius 3 is 2.71 bits per heavy atom. The number of hydrogen-bond donors (Lipinski definition) is 2. The topological polar surface area (TPSA) is 78.3 Å². The SMILES string of the molecule is CCC(C)(N)COc1cccc(Cl)c1C(N)=O. The molecule has 94 valence electrons. The zero-order valence-electron chi connectivity index (χ0n) is 10.00. The molecule has 0 aliphatic carbocycles. The highest BCUT2D eigenvalue weighted by atomic mass is 35.5. The van der Waals surface area contributed by atoms with Crippen molar-refractivity contribution in [2.24, 2.45) is 11.5 Å². The van der Waals surface area contributed by atoms with Gasteiger partial charge in [-0.25, -0.2) is 0 Å². The fourth-order valence-electron chi connectivity index (χ4n) is 1.21. The Balaban J connectivity index is 2.92. The Kier molecular flexibility index (Phi) is 4.37. The van der Waals surface area contributed by atoms with Crippen molar-refractivity contribution in [2.75, 3.05) is 6.61 Å². The second-order valence-electron chi connectivity index (χ2n) is 4.27. The van der Waals surface area contributed by atoms with Crippen LogP contribution >= 0.6 is 11.6 Å². The Morgan fingerprint density at radius 1 is 1.53 bits per heavy atom. The van der Waals surface area contributed by atoms with Gasteiger partial charge >= 0.3 is 0 Å². The van der Waals surface area contributed by atoms with Gasteiger partial charge < -0.3 is 16.2 Å². The van der Waals surface area contributed by atoms with Crippen molar-refractivity contribution < 1.29 is 9.53 Å². The summed E-state index contributed by atoms with van der Waals surface area (Å²) >= 11 is 5.90. The zero-order chi connectivity index (χ0) is 13.1. The van der Waals surface area contributed by atoms with Gasteiger partial charge in [0.1, 0.15) is 12.4 Å². The van der Waals surface area contributed by atoms with Gasteiger partial charge in [0.15, 0.2) is 0 Å². The lowest BCUT2D eigenvalue weighted by molar-refractivity contribution is 0.0994. The number of ether oxygens (including phenoxy) is 1. The van der Waals surface area contributed by atoms with Gasteiger partial charge in [-0.3, -0.25) is 4.79 Å². The largest absolute Gasteiger partial charge is 0.491 e. The van der Waals surface area contributed by atoms with E-state index >= 15 is 0 Å². The predicted octanol–water partition coefficient (Wildman–Crippen LogP) is 1.95. The molecule has 1 aromatic carbocycles. The van der Waals surface area contributed by atoms with Crippen LogP contribution in [0.5, 0.6) is 5.75 Å². The fourth-order valence-corrected chi connectivity index (χ4v) is 1.47. The third-order valence-electron chi connectivity index (χ3n) is 2.59. The summed E-state index contributed by atoms with van der Waals surface area (Å²) in [4.78, 5) is 11.3. The zero-order valence-corrected chi connectivity index (χ0v) is 10.8. The van der Waals surface area contributed by atoms with Crippen LogP contribution in [0.3, 0.4) is 0 Å². The van der Waals surface area contributed by atoms with Gasteiger partial charge in [-0.1, -0.05) is 24.6 Å². The normalized spacial score (nSPS) is 14.1. The maximum Gasteiger partial charge on any atom is 0.253 e. The smallest absolute Gasteiger partial charge is 0.253 e. The van der Waals surface area contributed by atoms with Crippen LogP contribution in [-0.2, 0) is 0 Å². The number of hydrogen-bond acceptors (Lipinski definition) is 3. The van der Waals surface area contributed by atoms with E-state index in [0.717, 1.165) is 6.42 Å². The molecular formula is C12H17ClN2O2. The van der Waals surface area contributed by atoms with Gasteiger partial charge in [-0.05, 0) is 25.5 Å². The van der Waals surface area contributed by atoms with Crippen molar-refractivity contribution in [3.8, 4) is 5.75 Å². The van der Waals surface area contributed by atoms with Gasteiger partial charge in [0, 0.05) is 5.54 Å². The molecule has 0 aromatic heterocycles. The molecule has 0 heterocycles. The lowest BCUT2D eigenvalue weighted by atomic mass is 10.0. The van der Waals surface area contributed by atoms with Crippen LogP contribution in [0.4, 0.5) is 0 Å². The first-order valence-electron chi connectivity index (χ1n) is 5.37. The highest BCUT2D eigenvalue weighted by Gasteiger charge is 2.19. The van der Waals surface area contributed by atoms with Crippen molar-refractivity contribution in [2.45, 2.75) is 25.8 Å². The molecule has 5 heteroatoms. The van der Waals surface area contributed by atoms with E-state index in [-0.39, 0.29) is 10.6 Å². The van der Waals surface area contributed by atoms with E-state index in [9.17, 15) is 4.79 Å². The Morgan fingerprint density at radius 2 is 2.18 bits per heavy atom. The maximum atomic E-state index is 11.3. The van der Waals surface area contributed by atoms with Crippen LogP contribution in [0.25, 0.3) is 0 Å². The van der Waals surface area contributed by atoms with E-state index < -0.39 is 11.4 Å². The van der Waals surface area contributed by atoms with Crippen LogP contribution in [0.1, 0.15) is 30.6 Å². The standard InChI is InChI=1S/C12H17ClN2O2/c1-3-12(2,15)7-17-9-6-4-5-8(13)10(9)11(14)16/h4-6H,3,7,15H2,1-2H3,(H2,14,16). The first kappa shape index (κ1) is 13.8. The monoisotopic (exact) mass is 256 g/mol. The number of rotatable bonds is 5. The van der Waals surface area contributed by atoms with E-state index in [4.69, 9.17) is 27.8 Å². The van der Waals surface area contributed by atoms with Crippen LogP contribution in [-0.4, -0.2) is 18.1 Å². The number of amides is 1. The van der Waals surface area contributed by atoms with Crippen LogP contribution in [0.2, 0.25) is 5.02 Å². The second-order valence-corrected chi connectivity index (χ2v) is 4.68. The molecule has 0 saturated heterocycles. The molecule has 0 aliphatic rings.